The van der Waals surface area contributed by atoms with Gasteiger partial charge < -0.3 is 9.84 Å². The van der Waals surface area contributed by atoms with Gasteiger partial charge in [-0.2, -0.15) is 0 Å². The fourth-order valence-electron chi connectivity index (χ4n) is 2.63. The molecule has 1 heterocycles. The minimum absolute atomic E-state index is 0.231. The van der Waals surface area contributed by atoms with E-state index in [2.05, 4.69) is 4.98 Å². The minimum Gasteiger partial charge on any atom is -0.478 e. The lowest BCUT2D eigenvalue weighted by Gasteiger charge is -2.27. The van der Waals surface area contributed by atoms with Crippen LogP contribution in [0.1, 0.15) is 44.1 Å². The Labute approximate surface area is 107 Å². The van der Waals surface area contributed by atoms with Crippen LogP contribution in [0.5, 0.6) is 5.88 Å². The number of aliphatic hydroxyl groups excluding tert-OH is 1. The maximum atomic E-state index is 13.8. The second kappa shape index (κ2) is 6.14. The zero-order chi connectivity index (χ0) is 13.0. The first-order valence-electron chi connectivity index (χ1n) is 6.63. The van der Waals surface area contributed by atoms with E-state index in [0.29, 0.717) is 24.0 Å². The molecular formula is C14H20FNO2. The predicted molar refractivity (Wildman–Crippen MR) is 67.1 cm³/mol. The number of hydrogen-bond donors (Lipinski definition) is 1. The van der Waals surface area contributed by atoms with Crippen molar-refractivity contribution in [2.24, 2.45) is 5.92 Å². The van der Waals surface area contributed by atoms with Crippen molar-refractivity contribution in [2.45, 2.75) is 38.5 Å². The van der Waals surface area contributed by atoms with Crippen molar-refractivity contribution in [3.63, 3.8) is 0 Å². The summed E-state index contributed by atoms with van der Waals surface area (Å²) in [5.41, 5.74) is 0.713. The standard InChI is InChI=1S/C14H20FNO2/c1-2-18-14-7-12(13(15)8-16-14)11-5-3-10(9-17)4-6-11/h7-8,10-11,17H,2-6,9H2,1H3/t10-,11+. The molecule has 0 aromatic carbocycles. The van der Waals surface area contributed by atoms with Crippen LogP contribution in [0.3, 0.4) is 0 Å². The molecule has 1 saturated carbocycles. The van der Waals surface area contributed by atoms with E-state index in [1.54, 1.807) is 6.07 Å². The van der Waals surface area contributed by atoms with Gasteiger partial charge in [0.05, 0.1) is 12.8 Å². The van der Waals surface area contributed by atoms with Gasteiger partial charge in [-0.15, -0.1) is 0 Å². The smallest absolute Gasteiger partial charge is 0.213 e. The molecule has 18 heavy (non-hydrogen) atoms. The van der Waals surface area contributed by atoms with Crippen LogP contribution in [0.4, 0.5) is 4.39 Å². The SMILES string of the molecule is CCOc1cc([C@H]2CC[C@@H](CO)CC2)c(F)cn1. The number of aliphatic hydroxyl groups is 1. The molecule has 0 unspecified atom stereocenters. The van der Waals surface area contributed by atoms with Gasteiger partial charge in [-0.1, -0.05) is 0 Å². The fourth-order valence-corrected chi connectivity index (χ4v) is 2.63. The van der Waals surface area contributed by atoms with Crippen LogP contribution >= 0.6 is 0 Å². The second-order valence-electron chi connectivity index (χ2n) is 4.88. The van der Waals surface area contributed by atoms with Crippen LogP contribution in [-0.2, 0) is 0 Å². The van der Waals surface area contributed by atoms with Gasteiger partial charge in [0, 0.05) is 12.7 Å². The van der Waals surface area contributed by atoms with Gasteiger partial charge in [0.25, 0.3) is 0 Å². The summed E-state index contributed by atoms with van der Waals surface area (Å²) in [5, 5.41) is 9.11. The molecule has 0 radical (unpaired) electrons. The van der Waals surface area contributed by atoms with Crippen molar-refractivity contribution in [3.05, 3.63) is 23.6 Å². The number of hydrogen-bond acceptors (Lipinski definition) is 3. The van der Waals surface area contributed by atoms with Gasteiger partial charge in [-0.05, 0) is 50.0 Å². The Kier molecular flexibility index (Phi) is 4.53. The molecule has 1 aromatic rings. The van der Waals surface area contributed by atoms with E-state index in [-0.39, 0.29) is 18.3 Å². The van der Waals surface area contributed by atoms with E-state index in [1.165, 1.54) is 6.20 Å². The van der Waals surface area contributed by atoms with Crippen molar-refractivity contribution in [2.75, 3.05) is 13.2 Å². The summed E-state index contributed by atoms with van der Waals surface area (Å²) in [7, 11) is 0. The molecule has 0 bridgehead atoms. The molecule has 1 aliphatic rings. The maximum absolute atomic E-state index is 13.8. The van der Waals surface area contributed by atoms with Crippen molar-refractivity contribution in [1.82, 2.24) is 4.98 Å². The summed E-state index contributed by atoms with van der Waals surface area (Å²) >= 11 is 0. The Morgan fingerprint density at radius 3 is 2.72 bits per heavy atom. The molecule has 0 spiro atoms. The first kappa shape index (κ1) is 13.3. The Bertz CT molecular complexity index is 389. The van der Waals surface area contributed by atoms with E-state index < -0.39 is 0 Å². The van der Waals surface area contributed by atoms with Gasteiger partial charge in [-0.25, -0.2) is 9.37 Å². The lowest BCUT2D eigenvalue weighted by molar-refractivity contribution is 0.181. The van der Waals surface area contributed by atoms with Crippen LogP contribution in [0.2, 0.25) is 0 Å². The first-order chi connectivity index (χ1) is 8.74. The van der Waals surface area contributed by atoms with E-state index in [1.807, 2.05) is 6.92 Å². The first-order valence-corrected chi connectivity index (χ1v) is 6.63. The van der Waals surface area contributed by atoms with E-state index in [9.17, 15) is 4.39 Å². The number of pyridine rings is 1. The molecule has 100 valence electrons. The number of halogens is 1. The maximum Gasteiger partial charge on any atom is 0.213 e. The molecule has 1 N–H and O–H groups in total. The van der Waals surface area contributed by atoms with E-state index >= 15 is 0 Å². The number of rotatable bonds is 4. The summed E-state index contributed by atoms with van der Waals surface area (Å²) in [6, 6.07) is 1.72. The quantitative estimate of drug-likeness (QED) is 0.897. The Morgan fingerprint density at radius 2 is 2.11 bits per heavy atom. The zero-order valence-corrected chi connectivity index (χ0v) is 10.7. The van der Waals surface area contributed by atoms with Crippen molar-refractivity contribution in [1.29, 1.82) is 0 Å². The second-order valence-corrected chi connectivity index (χ2v) is 4.88. The molecular weight excluding hydrogens is 233 g/mol. The number of aromatic nitrogens is 1. The molecule has 1 aromatic heterocycles. The lowest BCUT2D eigenvalue weighted by atomic mass is 9.79. The molecule has 3 nitrogen and oxygen atoms in total. The van der Waals surface area contributed by atoms with Crippen molar-refractivity contribution < 1.29 is 14.2 Å². The van der Waals surface area contributed by atoms with Crippen LogP contribution < -0.4 is 4.74 Å². The van der Waals surface area contributed by atoms with Gasteiger partial charge in [0.2, 0.25) is 5.88 Å². The van der Waals surface area contributed by atoms with Crippen LogP contribution in [0.25, 0.3) is 0 Å². The predicted octanol–water partition coefficient (Wildman–Crippen LogP) is 2.89. The van der Waals surface area contributed by atoms with Crippen molar-refractivity contribution in [3.8, 4) is 5.88 Å². The third kappa shape index (κ3) is 2.99. The van der Waals surface area contributed by atoms with E-state index in [0.717, 1.165) is 25.7 Å². The average molecular weight is 253 g/mol. The molecule has 1 fully saturated rings. The highest BCUT2D eigenvalue weighted by Gasteiger charge is 2.24. The summed E-state index contributed by atoms with van der Waals surface area (Å²) < 4.78 is 19.1. The Balaban J connectivity index is 2.10. The summed E-state index contributed by atoms with van der Waals surface area (Å²) in [6.45, 7) is 2.67. The highest BCUT2D eigenvalue weighted by molar-refractivity contribution is 5.26. The lowest BCUT2D eigenvalue weighted by Crippen LogP contribution is -2.17. The third-order valence-electron chi connectivity index (χ3n) is 3.70. The van der Waals surface area contributed by atoms with E-state index in [4.69, 9.17) is 9.84 Å². The van der Waals surface area contributed by atoms with Gasteiger partial charge in [-0.3, -0.25) is 0 Å². The van der Waals surface area contributed by atoms with Crippen LogP contribution in [-0.4, -0.2) is 23.3 Å². The monoisotopic (exact) mass is 253 g/mol. The average Bonchev–Trinajstić information content (AvgIpc) is 2.41. The molecule has 0 aliphatic heterocycles. The molecule has 1 aliphatic carbocycles. The third-order valence-corrected chi connectivity index (χ3v) is 3.70. The highest BCUT2D eigenvalue weighted by atomic mass is 19.1. The fraction of sp³-hybridized carbons (Fsp3) is 0.643. The largest absolute Gasteiger partial charge is 0.478 e. The zero-order valence-electron chi connectivity index (χ0n) is 10.7. The number of ether oxygens (including phenoxy) is 1. The topological polar surface area (TPSA) is 42.4 Å². The molecule has 2 rings (SSSR count). The molecule has 0 saturated heterocycles. The minimum atomic E-state index is -0.245. The highest BCUT2D eigenvalue weighted by Crippen LogP contribution is 2.37. The van der Waals surface area contributed by atoms with Gasteiger partial charge in [0.15, 0.2) is 0 Å². The molecule has 0 atom stereocenters. The molecule has 4 heteroatoms. The summed E-state index contributed by atoms with van der Waals surface area (Å²) in [5.74, 6) is 0.872. The summed E-state index contributed by atoms with van der Waals surface area (Å²) in [6.07, 6.45) is 5.04. The van der Waals surface area contributed by atoms with Crippen molar-refractivity contribution >= 4 is 0 Å². The van der Waals surface area contributed by atoms with Gasteiger partial charge in [0.1, 0.15) is 5.82 Å². The Morgan fingerprint density at radius 1 is 1.39 bits per heavy atom. The van der Waals surface area contributed by atoms with Crippen LogP contribution in [0, 0.1) is 11.7 Å². The summed E-state index contributed by atoms with van der Waals surface area (Å²) in [4.78, 5) is 3.92. The molecule has 0 amide bonds. The number of nitrogens with zero attached hydrogens (tertiary/aromatic N) is 1. The van der Waals surface area contributed by atoms with Crippen LogP contribution in [0.15, 0.2) is 12.3 Å². The normalized spacial score (nSPS) is 23.9. The van der Waals surface area contributed by atoms with Gasteiger partial charge >= 0.3 is 0 Å². The Hall–Kier alpha value is -1.16.